The van der Waals surface area contributed by atoms with Crippen molar-refractivity contribution in [2.24, 2.45) is 0 Å². The van der Waals surface area contributed by atoms with Crippen LogP contribution in [0.2, 0.25) is 0 Å². The number of likely N-dealkylation sites (tertiary alicyclic amines) is 1. The maximum absolute atomic E-state index is 11.9. The van der Waals surface area contributed by atoms with E-state index in [1.807, 2.05) is 25.7 Å². The molecule has 1 heterocycles. The second-order valence-corrected chi connectivity index (χ2v) is 6.44. The highest BCUT2D eigenvalue weighted by molar-refractivity contribution is 7.80. The van der Waals surface area contributed by atoms with Crippen molar-refractivity contribution in [2.75, 3.05) is 6.54 Å². The second-order valence-electron chi connectivity index (χ2n) is 5.55. The number of amides is 1. The average molecular weight is 245 g/mol. The Bertz CT molecular complexity index is 248. The maximum atomic E-state index is 11.9. The highest BCUT2D eigenvalue weighted by Crippen LogP contribution is 2.24. The Morgan fingerprint density at radius 3 is 2.69 bits per heavy atom. The van der Waals surface area contributed by atoms with Crippen molar-refractivity contribution in [2.45, 2.75) is 63.9 Å². The van der Waals surface area contributed by atoms with Gasteiger partial charge in [0, 0.05) is 17.8 Å². The van der Waals surface area contributed by atoms with E-state index in [9.17, 15) is 4.79 Å². The lowest BCUT2D eigenvalue weighted by molar-refractivity contribution is 0.0221. The van der Waals surface area contributed by atoms with E-state index in [4.69, 9.17) is 4.74 Å². The lowest BCUT2D eigenvalue weighted by Crippen LogP contribution is -2.40. The summed E-state index contributed by atoms with van der Waals surface area (Å²) in [5, 5.41) is 0.327. The Morgan fingerprint density at radius 2 is 2.19 bits per heavy atom. The highest BCUT2D eigenvalue weighted by atomic mass is 32.1. The summed E-state index contributed by atoms with van der Waals surface area (Å²) in [5.74, 6) is 0. The molecule has 0 saturated carbocycles. The fraction of sp³-hybridized carbons (Fsp3) is 0.917. The number of nitrogens with zero attached hydrogens (tertiary/aromatic N) is 1. The minimum Gasteiger partial charge on any atom is -0.444 e. The zero-order chi connectivity index (χ0) is 12.3. The molecule has 2 atom stereocenters. The van der Waals surface area contributed by atoms with Crippen LogP contribution in [0, 0.1) is 0 Å². The molecule has 3 nitrogen and oxygen atoms in total. The normalized spacial score (nSPS) is 23.3. The minimum atomic E-state index is -0.406. The van der Waals surface area contributed by atoms with Gasteiger partial charge in [-0.2, -0.15) is 12.6 Å². The molecule has 0 aromatic rings. The van der Waals surface area contributed by atoms with Gasteiger partial charge in [0.2, 0.25) is 0 Å². The molecular formula is C12H23NO2S. The van der Waals surface area contributed by atoms with Gasteiger partial charge < -0.3 is 9.64 Å². The lowest BCUT2D eigenvalue weighted by atomic mass is 10.1. The lowest BCUT2D eigenvalue weighted by Gasteiger charge is -2.29. The van der Waals surface area contributed by atoms with Crippen molar-refractivity contribution < 1.29 is 9.53 Å². The summed E-state index contributed by atoms with van der Waals surface area (Å²) < 4.78 is 5.40. The molecule has 1 amide bonds. The number of carbonyl (C=O) groups excluding carboxylic acids is 1. The van der Waals surface area contributed by atoms with Crippen molar-refractivity contribution >= 4 is 18.7 Å². The zero-order valence-electron chi connectivity index (χ0n) is 10.7. The maximum Gasteiger partial charge on any atom is 0.410 e. The third kappa shape index (κ3) is 4.24. The third-order valence-electron chi connectivity index (χ3n) is 2.62. The molecule has 0 aliphatic carbocycles. The van der Waals surface area contributed by atoms with E-state index in [1.165, 1.54) is 0 Å². The molecule has 1 fully saturated rings. The Morgan fingerprint density at radius 1 is 1.56 bits per heavy atom. The largest absolute Gasteiger partial charge is 0.444 e. The SMILES string of the molecule is CC(S)CC1CCCN1C(=O)OC(C)(C)C. The Balaban J connectivity index is 2.54. The minimum absolute atomic E-state index is 0.177. The van der Waals surface area contributed by atoms with Gasteiger partial charge in [-0.05, 0) is 40.0 Å². The van der Waals surface area contributed by atoms with Crippen molar-refractivity contribution in [1.82, 2.24) is 4.90 Å². The molecule has 2 unspecified atom stereocenters. The van der Waals surface area contributed by atoms with E-state index >= 15 is 0 Å². The molecule has 0 N–H and O–H groups in total. The number of carbonyl (C=O) groups is 1. The van der Waals surface area contributed by atoms with Crippen LogP contribution in [0.4, 0.5) is 4.79 Å². The molecule has 0 aromatic carbocycles. The topological polar surface area (TPSA) is 29.5 Å². The van der Waals surface area contributed by atoms with Gasteiger partial charge in [-0.3, -0.25) is 0 Å². The molecule has 1 aliphatic heterocycles. The highest BCUT2D eigenvalue weighted by Gasteiger charge is 2.32. The Kier molecular flexibility index (Phi) is 4.53. The number of ether oxygens (including phenoxy) is 1. The van der Waals surface area contributed by atoms with Crippen LogP contribution in [0.1, 0.15) is 47.0 Å². The van der Waals surface area contributed by atoms with Crippen molar-refractivity contribution in [3.05, 3.63) is 0 Å². The van der Waals surface area contributed by atoms with Gasteiger partial charge in [0.1, 0.15) is 5.60 Å². The van der Waals surface area contributed by atoms with E-state index in [1.54, 1.807) is 0 Å². The van der Waals surface area contributed by atoms with Crippen LogP contribution in [-0.2, 0) is 4.74 Å². The monoisotopic (exact) mass is 245 g/mol. The molecule has 1 saturated heterocycles. The van der Waals surface area contributed by atoms with Gasteiger partial charge in [0.15, 0.2) is 0 Å². The summed E-state index contributed by atoms with van der Waals surface area (Å²) >= 11 is 4.39. The molecule has 16 heavy (non-hydrogen) atoms. The van der Waals surface area contributed by atoms with Crippen LogP contribution in [-0.4, -0.2) is 34.4 Å². The molecule has 0 radical (unpaired) electrons. The van der Waals surface area contributed by atoms with Crippen LogP contribution < -0.4 is 0 Å². The van der Waals surface area contributed by atoms with Crippen molar-refractivity contribution in [3.63, 3.8) is 0 Å². The molecule has 94 valence electrons. The average Bonchev–Trinajstić information content (AvgIpc) is 2.47. The summed E-state index contributed by atoms with van der Waals surface area (Å²) in [4.78, 5) is 13.8. The quantitative estimate of drug-likeness (QED) is 0.758. The first-order valence-corrected chi connectivity index (χ1v) is 6.49. The number of thiol groups is 1. The van der Waals surface area contributed by atoms with E-state index in [2.05, 4.69) is 19.6 Å². The second kappa shape index (κ2) is 5.30. The molecule has 0 bridgehead atoms. The molecule has 1 rings (SSSR count). The number of hydrogen-bond donors (Lipinski definition) is 1. The Labute approximate surface area is 104 Å². The van der Waals surface area contributed by atoms with Gasteiger partial charge in [0.05, 0.1) is 0 Å². The number of rotatable bonds is 2. The number of hydrogen-bond acceptors (Lipinski definition) is 3. The first kappa shape index (κ1) is 13.7. The summed E-state index contributed by atoms with van der Waals surface area (Å²) in [6, 6.07) is 0.308. The predicted octanol–water partition coefficient (Wildman–Crippen LogP) is 3.09. The van der Waals surface area contributed by atoms with E-state index in [0.717, 1.165) is 25.8 Å². The predicted molar refractivity (Wildman–Crippen MR) is 69.0 cm³/mol. The fourth-order valence-corrected chi connectivity index (χ4v) is 2.28. The van der Waals surface area contributed by atoms with Gasteiger partial charge in [-0.25, -0.2) is 4.79 Å². The van der Waals surface area contributed by atoms with E-state index in [-0.39, 0.29) is 6.09 Å². The van der Waals surface area contributed by atoms with Crippen LogP contribution in [0.5, 0.6) is 0 Å². The van der Waals surface area contributed by atoms with Crippen LogP contribution >= 0.6 is 12.6 Å². The van der Waals surface area contributed by atoms with E-state index in [0.29, 0.717) is 11.3 Å². The van der Waals surface area contributed by atoms with E-state index < -0.39 is 5.60 Å². The molecule has 0 spiro atoms. The van der Waals surface area contributed by atoms with Gasteiger partial charge in [-0.15, -0.1) is 0 Å². The third-order valence-corrected chi connectivity index (χ3v) is 2.83. The van der Waals surface area contributed by atoms with Gasteiger partial charge in [-0.1, -0.05) is 6.92 Å². The smallest absolute Gasteiger partial charge is 0.410 e. The summed E-state index contributed by atoms with van der Waals surface area (Å²) in [6.07, 6.45) is 2.92. The van der Waals surface area contributed by atoms with Crippen LogP contribution in [0.3, 0.4) is 0 Å². The molecule has 0 aromatic heterocycles. The fourth-order valence-electron chi connectivity index (χ4n) is 2.04. The molecule has 1 aliphatic rings. The first-order valence-electron chi connectivity index (χ1n) is 5.97. The van der Waals surface area contributed by atoms with Gasteiger partial charge >= 0.3 is 6.09 Å². The van der Waals surface area contributed by atoms with Crippen LogP contribution in [0.25, 0.3) is 0 Å². The molecule has 4 heteroatoms. The zero-order valence-corrected chi connectivity index (χ0v) is 11.6. The summed E-state index contributed by atoms with van der Waals surface area (Å²) in [5.41, 5.74) is -0.406. The van der Waals surface area contributed by atoms with Crippen molar-refractivity contribution in [3.8, 4) is 0 Å². The first-order chi connectivity index (χ1) is 7.29. The standard InChI is InChI=1S/C12H23NO2S/c1-9(16)8-10-6-5-7-13(10)11(14)15-12(2,3)4/h9-10,16H,5-8H2,1-4H3. The Hall–Kier alpha value is -0.380. The van der Waals surface area contributed by atoms with Gasteiger partial charge in [0.25, 0.3) is 0 Å². The van der Waals surface area contributed by atoms with Crippen molar-refractivity contribution in [1.29, 1.82) is 0 Å². The summed E-state index contributed by atoms with van der Waals surface area (Å²) in [6.45, 7) is 8.58. The molecular weight excluding hydrogens is 222 g/mol. The van der Waals surface area contributed by atoms with Crippen LogP contribution in [0.15, 0.2) is 0 Å². The summed E-state index contributed by atoms with van der Waals surface area (Å²) in [7, 11) is 0.